The summed E-state index contributed by atoms with van der Waals surface area (Å²) in [7, 11) is 0. The molecule has 5 aromatic carbocycles. The first-order valence-corrected chi connectivity index (χ1v) is 20.5. The first-order valence-electron chi connectivity index (χ1n) is 20.5. The van der Waals surface area contributed by atoms with Crippen molar-refractivity contribution in [1.29, 1.82) is 0 Å². The number of esters is 3. The molecule has 1 saturated heterocycles. The van der Waals surface area contributed by atoms with Crippen molar-refractivity contribution >= 4 is 45.2 Å². The van der Waals surface area contributed by atoms with E-state index >= 15 is 0 Å². The van der Waals surface area contributed by atoms with E-state index < -0.39 is 66.8 Å². The third kappa shape index (κ3) is 9.60. The fourth-order valence-electron chi connectivity index (χ4n) is 7.77. The highest BCUT2D eigenvalue weighted by molar-refractivity contribution is 6.09. The monoisotopic (exact) mass is 875 g/mol. The zero-order valence-corrected chi connectivity index (χ0v) is 35.4. The van der Waals surface area contributed by atoms with Crippen LogP contribution in [0, 0.1) is 11.8 Å². The molecule has 0 N–H and O–H groups in total. The maximum atomic E-state index is 14.4. The maximum Gasteiger partial charge on any atom is 0.333 e. The van der Waals surface area contributed by atoms with Gasteiger partial charge in [-0.05, 0) is 63.4 Å². The van der Waals surface area contributed by atoms with Gasteiger partial charge in [-0.1, -0.05) is 90.0 Å². The Morgan fingerprint density at radius 1 is 0.723 bits per heavy atom. The molecule has 7 aromatic rings. The highest BCUT2D eigenvalue weighted by Gasteiger charge is 2.51. The second-order valence-corrected chi connectivity index (χ2v) is 15.1. The summed E-state index contributed by atoms with van der Waals surface area (Å²) in [4.78, 5) is 77.0. The summed E-state index contributed by atoms with van der Waals surface area (Å²) in [5.74, 6) is 4.34. The lowest BCUT2D eigenvalue weighted by molar-refractivity contribution is -0.166. The minimum atomic E-state index is -1.42. The number of hydrogen-bond acceptors (Lipinski definition) is 13. The van der Waals surface area contributed by atoms with Crippen LogP contribution < -0.4 is 16.0 Å². The molecule has 3 heterocycles. The van der Waals surface area contributed by atoms with Crippen molar-refractivity contribution in [1.82, 2.24) is 24.1 Å². The number of hydrogen-bond donors (Lipinski definition) is 0. The molecule has 1 aliphatic rings. The average molecular weight is 876 g/mol. The van der Waals surface area contributed by atoms with E-state index in [2.05, 4.69) is 28.2 Å². The predicted molar refractivity (Wildman–Crippen MR) is 235 cm³/mol. The van der Waals surface area contributed by atoms with Crippen molar-refractivity contribution in [2.24, 2.45) is 0 Å². The second kappa shape index (κ2) is 19.1. The van der Waals surface area contributed by atoms with Crippen molar-refractivity contribution in [2.45, 2.75) is 58.4 Å². The van der Waals surface area contributed by atoms with Gasteiger partial charge in [-0.3, -0.25) is 33.1 Å². The summed E-state index contributed by atoms with van der Waals surface area (Å²) in [5, 5.41) is 12.9. The maximum absolute atomic E-state index is 14.4. The van der Waals surface area contributed by atoms with Crippen LogP contribution in [-0.4, -0.2) is 79.3 Å². The molecule has 16 nitrogen and oxygen atoms in total. The van der Waals surface area contributed by atoms with Gasteiger partial charge in [0.2, 0.25) is 0 Å². The van der Waals surface area contributed by atoms with Crippen LogP contribution in [0.5, 0.6) is 5.75 Å². The van der Waals surface area contributed by atoms with Gasteiger partial charge in [-0.15, -0.1) is 5.10 Å². The van der Waals surface area contributed by atoms with Crippen LogP contribution in [0.2, 0.25) is 0 Å². The van der Waals surface area contributed by atoms with Crippen molar-refractivity contribution in [3.05, 3.63) is 170 Å². The molecule has 0 saturated carbocycles. The van der Waals surface area contributed by atoms with Crippen LogP contribution >= 0.6 is 0 Å². The highest BCUT2D eigenvalue weighted by Crippen LogP contribution is 2.34. The van der Waals surface area contributed by atoms with Gasteiger partial charge in [0.15, 0.2) is 24.2 Å². The Kier molecular flexibility index (Phi) is 12.8. The summed E-state index contributed by atoms with van der Waals surface area (Å²) in [6.45, 7) is 2.80. The molecule has 1 fully saturated rings. The molecule has 0 spiro atoms. The number of carbonyl (C=O) groups is 4. The second-order valence-electron chi connectivity index (χ2n) is 15.1. The Bertz CT molecular complexity index is 3070. The van der Waals surface area contributed by atoms with Crippen LogP contribution in [-0.2, 0) is 46.4 Å². The number of nitrogens with zero attached hydrogens (tertiary/aromatic N) is 5. The average Bonchev–Trinajstić information content (AvgIpc) is 3.83. The quantitative estimate of drug-likeness (QED) is 0.0496. The first kappa shape index (κ1) is 43.5. The molecular weight excluding hydrogens is 835 g/mol. The number of benzene rings is 5. The zero-order valence-electron chi connectivity index (χ0n) is 35.4. The van der Waals surface area contributed by atoms with E-state index in [0.717, 1.165) is 56.2 Å². The van der Waals surface area contributed by atoms with Gasteiger partial charge in [0, 0.05) is 44.2 Å². The molecule has 4 atom stereocenters. The Hall–Kier alpha value is -8.16. The van der Waals surface area contributed by atoms with Crippen molar-refractivity contribution in [3.63, 3.8) is 0 Å². The van der Waals surface area contributed by atoms with E-state index in [0.29, 0.717) is 22.6 Å². The molecule has 16 heteroatoms. The van der Waals surface area contributed by atoms with Gasteiger partial charge in [0.25, 0.3) is 5.56 Å². The number of carbonyl (C=O) groups excluding carboxylic acids is 4. The lowest BCUT2D eigenvalue weighted by Gasteiger charge is -2.24. The zero-order chi connectivity index (χ0) is 45.6. The molecule has 328 valence electrons. The molecule has 0 bridgehead atoms. The standard InChI is InChI=1S/C49H41N5O11/c1-30(55)62-29-43-46(63-31(2)56)47(64-32(3)57)48(65-43)52-24-23-44(58)53(49(52)60)28-41-42(18-11-25-61-37-21-19-34(20-22-37)45(59)33-12-5-4-6-13-33)54(51-50-41)27-40-38-16-9-7-14-35(38)26-36-15-8-10-17-39(36)40/h4-10,12-17,19-24,26,43,46-48H,25,27-29H2,1-3H3/t43-,46?,47?,48-/m1/s1. The fourth-order valence-corrected chi connectivity index (χ4v) is 7.77. The van der Waals surface area contributed by atoms with Gasteiger partial charge < -0.3 is 23.7 Å². The summed E-state index contributed by atoms with van der Waals surface area (Å²) in [6, 6.07) is 34.8. The number of rotatable bonds is 13. The van der Waals surface area contributed by atoms with E-state index in [1.54, 1.807) is 53.2 Å². The number of ketones is 1. The van der Waals surface area contributed by atoms with Crippen molar-refractivity contribution in [3.8, 4) is 17.6 Å². The Labute approximate surface area is 370 Å². The van der Waals surface area contributed by atoms with Gasteiger partial charge in [0.05, 0.1) is 13.1 Å². The minimum Gasteiger partial charge on any atom is -0.481 e. The lowest BCUT2D eigenvalue weighted by atomic mass is 9.97. The smallest absolute Gasteiger partial charge is 0.333 e. The van der Waals surface area contributed by atoms with E-state index in [-0.39, 0.29) is 24.6 Å². The minimum absolute atomic E-state index is 0.0829. The molecule has 0 radical (unpaired) electrons. The summed E-state index contributed by atoms with van der Waals surface area (Å²) >= 11 is 0. The van der Waals surface area contributed by atoms with Gasteiger partial charge in [-0.25, -0.2) is 9.48 Å². The van der Waals surface area contributed by atoms with Gasteiger partial charge in [0.1, 0.15) is 36.5 Å². The lowest BCUT2D eigenvalue weighted by Crippen LogP contribution is -2.45. The van der Waals surface area contributed by atoms with E-state index in [4.69, 9.17) is 23.7 Å². The summed E-state index contributed by atoms with van der Waals surface area (Å²) in [5.41, 5.74) is 0.890. The number of fused-ring (bicyclic) bond motifs is 2. The molecule has 2 unspecified atom stereocenters. The van der Waals surface area contributed by atoms with Crippen molar-refractivity contribution < 1.29 is 42.9 Å². The largest absolute Gasteiger partial charge is 0.481 e. The Morgan fingerprint density at radius 3 is 2.02 bits per heavy atom. The van der Waals surface area contributed by atoms with Gasteiger partial charge >= 0.3 is 23.6 Å². The molecule has 1 aliphatic heterocycles. The van der Waals surface area contributed by atoms with E-state index in [1.165, 1.54) is 13.1 Å². The third-order valence-corrected chi connectivity index (χ3v) is 10.7. The number of aromatic nitrogens is 5. The van der Waals surface area contributed by atoms with Crippen LogP contribution in [0.4, 0.5) is 0 Å². The fraction of sp³-hybridized carbons (Fsp3) is 0.224. The third-order valence-electron chi connectivity index (χ3n) is 10.7. The van der Waals surface area contributed by atoms with Crippen LogP contribution in [0.1, 0.15) is 59.9 Å². The van der Waals surface area contributed by atoms with Gasteiger partial charge in [-0.2, -0.15) is 0 Å². The molecule has 0 aliphatic carbocycles. The molecule has 2 aromatic heterocycles. The Morgan fingerprint density at radius 2 is 1.35 bits per heavy atom. The van der Waals surface area contributed by atoms with Crippen LogP contribution in [0.25, 0.3) is 21.5 Å². The first-order chi connectivity index (χ1) is 31.4. The Balaban J connectivity index is 1.14. The normalized spacial score (nSPS) is 16.7. The SMILES string of the molecule is CC(=O)OC[C@H]1O[C@@H](n2ccc(=O)n(Cc3nnn(Cc4c5ccccc5cc5ccccc45)c3C#CCOc3ccc(C(=O)c4ccccc4)cc3)c2=O)C(OC(C)=O)C1OC(C)=O. The van der Waals surface area contributed by atoms with Crippen LogP contribution in [0.15, 0.2) is 131 Å². The van der Waals surface area contributed by atoms with E-state index in [1.807, 2.05) is 54.6 Å². The predicted octanol–water partition coefficient (Wildman–Crippen LogP) is 4.99. The molecule has 8 rings (SSSR count). The van der Waals surface area contributed by atoms with Crippen LogP contribution in [0.3, 0.4) is 0 Å². The summed E-state index contributed by atoms with van der Waals surface area (Å²) in [6.07, 6.45) is -4.05. The highest BCUT2D eigenvalue weighted by atomic mass is 16.7. The summed E-state index contributed by atoms with van der Waals surface area (Å²) < 4.78 is 31.7. The number of ether oxygens (including phenoxy) is 5. The molecular formula is C49H41N5O11. The molecule has 65 heavy (non-hydrogen) atoms. The molecule has 0 amide bonds. The van der Waals surface area contributed by atoms with Crippen molar-refractivity contribution in [2.75, 3.05) is 13.2 Å². The topological polar surface area (TPSA) is 189 Å². The van der Waals surface area contributed by atoms with E-state index in [9.17, 15) is 28.8 Å².